The predicted octanol–water partition coefficient (Wildman–Crippen LogP) is 5.14. The highest BCUT2D eigenvalue weighted by Gasteiger charge is 2.19. The molecular weight excluding hydrogens is 789 g/mol. The molecule has 0 fully saturated rings. The molecule has 0 aromatic heterocycles. The first-order valence-corrected chi connectivity index (χ1v) is 20.8. The number of urea groups is 1. The van der Waals surface area contributed by atoms with E-state index in [2.05, 4.69) is 20.1 Å². The van der Waals surface area contributed by atoms with Crippen LogP contribution in [0.15, 0.2) is 129 Å². The van der Waals surface area contributed by atoms with E-state index in [1.807, 2.05) is 0 Å². The number of fused-ring (bicyclic) bond motifs is 2. The standard InChI is InChI=1S/C33H26N4O13S4/c38-31-17-23(13-19-15-27(53(45,46)47)9-11-29(19)31)36-51(41,42)25-5-1-21(2-6-25)34-33(40)35-22-3-7-26(8-4-22)52(43,44)37-24-14-20-16-28(54(48,49)50)10-12-30(20)32(39)18-24/h1-18,36-39H,(H2,34,35,40)(H,45,46,47)(H,48,49,50). The highest BCUT2D eigenvalue weighted by Crippen LogP contribution is 2.33. The number of benzene rings is 6. The zero-order chi connectivity index (χ0) is 39.2. The Kier molecular flexibility index (Phi) is 9.64. The number of hydrogen-bond acceptors (Lipinski definition) is 11. The molecule has 0 unspecified atom stereocenters. The second-order valence-electron chi connectivity index (χ2n) is 11.5. The third-order valence-corrected chi connectivity index (χ3v) is 12.2. The number of rotatable bonds is 10. The van der Waals surface area contributed by atoms with Gasteiger partial charge in [0.2, 0.25) is 0 Å². The Labute approximate surface area is 307 Å². The summed E-state index contributed by atoms with van der Waals surface area (Å²) in [5, 5.41) is 26.4. The Bertz CT molecular complexity index is 2740. The van der Waals surface area contributed by atoms with Crippen molar-refractivity contribution < 1.29 is 57.8 Å². The lowest BCUT2D eigenvalue weighted by Gasteiger charge is -2.12. The van der Waals surface area contributed by atoms with Crippen LogP contribution in [0.25, 0.3) is 21.5 Å². The number of phenols is 2. The Morgan fingerprint density at radius 2 is 0.759 bits per heavy atom. The first-order valence-electron chi connectivity index (χ1n) is 15.0. The average molecular weight is 815 g/mol. The normalized spacial score (nSPS) is 12.3. The maximum atomic E-state index is 13.0. The molecule has 6 aromatic rings. The fourth-order valence-electron chi connectivity index (χ4n) is 5.25. The lowest BCUT2D eigenvalue weighted by Crippen LogP contribution is -2.20. The van der Waals surface area contributed by atoms with Crippen LogP contribution in [-0.2, 0) is 40.3 Å². The Hall–Kier alpha value is -5.97. The molecule has 0 spiro atoms. The molecule has 0 heterocycles. The van der Waals surface area contributed by atoms with Crippen LogP contribution in [0, 0.1) is 0 Å². The molecule has 0 saturated heterocycles. The van der Waals surface area contributed by atoms with Crippen LogP contribution in [0.2, 0.25) is 0 Å². The van der Waals surface area contributed by atoms with E-state index < -0.39 is 56.1 Å². The Morgan fingerprint density at radius 3 is 1.09 bits per heavy atom. The number of carbonyl (C=O) groups is 1. The molecule has 0 aliphatic heterocycles. The average Bonchev–Trinajstić information content (AvgIpc) is 3.07. The number of amides is 2. The third kappa shape index (κ3) is 8.30. The van der Waals surface area contributed by atoms with E-state index in [0.29, 0.717) is 0 Å². The number of anilines is 4. The van der Waals surface area contributed by atoms with Gasteiger partial charge in [-0.15, -0.1) is 0 Å². The lowest BCUT2D eigenvalue weighted by atomic mass is 10.1. The van der Waals surface area contributed by atoms with Gasteiger partial charge in [0.05, 0.1) is 31.0 Å². The number of aromatic hydroxyl groups is 2. The minimum atomic E-state index is -4.56. The summed E-state index contributed by atoms with van der Waals surface area (Å²) < 4.78 is 121. The second kappa shape index (κ2) is 13.8. The first-order chi connectivity index (χ1) is 25.2. The molecule has 6 aromatic carbocycles. The zero-order valence-corrected chi connectivity index (χ0v) is 30.3. The highest BCUT2D eigenvalue weighted by atomic mass is 32.2. The number of phenolic OH excluding ortho intramolecular Hbond substituents is 2. The quantitative estimate of drug-likeness (QED) is 0.0833. The summed E-state index contributed by atoms with van der Waals surface area (Å²) in [5.74, 6) is -0.706. The van der Waals surface area contributed by atoms with Crippen molar-refractivity contribution in [3.8, 4) is 11.5 Å². The summed E-state index contributed by atoms with van der Waals surface area (Å²) in [6, 6.07) is 20.7. The van der Waals surface area contributed by atoms with Crippen LogP contribution in [-0.4, -0.2) is 59.0 Å². The summed E-state index contributed by atoms with van der Waals surface area (Å²) in [6.07, 6.45) is 0. The van der Waals surface area contributed by atoms with Crippen LogP contribution in [0.4, 0.5) is 27.5 Å². The summed E-state index contributed by atoms with van der Waals surface area (Å²) in [6.45, 7) is 0. The predicted molar refractivity (Wildman–Crippen MR) is 198 cm³/mol. The van der Waals surface area contributed by atoms with E-state index in [9.17, 15) is 57.8 Å². The van der Waals surface area contributed by atoms with Crippen LogP contribution in [0.5, 0.6) is 11.5 Å². The van der Waals surface area contributed by atoms with E-state index >= 15 is 0 Å². The monoisotopic (exact) mass is 814 g/mol. The molecular formula is C33H26N4O13S4. The second-order valence-corrected chi connectivity index (χ2v) is 17.8. The van der Waals surface area contributed by atoms with Gasteiger partial charge in [0, 0.05) is 34.3 Å². The smallest absolute Gasteiger partial charge is 0.323 e. The molecule has 21 heteroatoms. The summed E-state index contributed by atoms with van der Waals surface area (Å²) in [7, 11) is -17.6. The molecule has 0 aliphatic carbocycles. The van der Waals surface area contributed by atoms with Gasteiger partial charge in [0.15, 0.2) is 0 Å². The summed E-state index contributed by atoms with van der Waals surface area (Å²) in [5.41, 5.74) is 0.151. The maximum absolute atomic E-state index is 13.0. The van der Waals surface area contributed by atoms with Gasteiger partial charge in [-0.3, -0.25) is 18.5 Å². The van der Waals surface area contributed by atoms with Crippen molar-refractivity contribution in [3.05, 3.63) is 109 Å². The van der Waals surface area contributed by atoms with E-state index in [4.69, 9.17) is 0 Å². The van der Waals surface area contributed by atoms with Crippen molar-refractivity contribution in [1.29, 1.82) is 0 Å². The van der Waals surface area contributed by atoms with Crippen molar-refractivity contribution in [2.45, 2.75) is 19.6 Å². The minimum Gasteiger partial charge on any atom is -0.507 e. The summed E-state index contributed by atoms with van der Waals surface area (Å²) in [4.78, 5) is 11.3. The molecule has 0 bridgehead atoms. The zero-order valence-electron chi connectivity index (χ0n) is 27.0. The molecule has 280 valence electrons. The molecule has 0 atom stereocenters. The van der Waals surface area contributed by atoms with Crippen molar-refractivity contribution >= 4 is 90.6 Å². The molecule has 0 aliphatic rings. The fourth-order valence-corrected chi connectivity index (χ4v) is 8.36. The van der Waals surface area contributed by atoms with Crippen molar-refractivity contribution in [1.82, 2.24) is 0 Å². The lowest BCUT2D eigenvalue weighted by molar-refractivity contribution is 0.262. The highest BCUT2D eigenvalue weighted by molar-refractivity contribution is 7.93. The molecule has 2 amide bonds. The third-order valence-electron chi connectivity index (χ3n) is 7.75. The summed E-state index contributed by atoms with van der Waals surface area (Å²) >= 11 is 0. The van der Waals surface area contributed by atoms with Crippen LogP contribution >= 0.6 is 0 Å². The Morgan fingerprint density at radius 1 is 0.426 bits per heavy atom. The number of nitrogens with one attached hydrogen (secondary N) is 4. The van der Waals surface area contributed by atoms with Gasteiger partial charge in [-0.05, 0) is 108 Å². The SMILES string of the molecule is O=C(Nc1ccc(S(=O)(=O)Nc2cc(O)c3ccc(S(=O)(=O)O)cc3c2)cc1)Nc1ccc(S(=O)(=O)Nc2cc(O)c3ccc(S(=O)(=O)O)cc3c2)cc1. The largest absolute Gasteiger partial charge is 0.507 e. The van der Waals surface area contributed by atoms with Gasteiger partial charge >= 0.3 is 6.03 Å². The van der Waals surface area contributed by atoms with E-state index in [0.717, 1.165) is 36.4 Å². The van der Waals surface area contributed by atoms with Gasteiger partial charge in [-0.25, -0.2) is 21.6 Å². The number of hydrogen-bond donors (Lipinski definition) is 8. The van der Waals surface area contributed by atoms with Gasteiger partial charge in [0.25, 0.3) is 40.3 Å². The molecule has 54 heavy (non-hydrogen) atoms. The van der Waals surface area contributed by atoms with Gasteiger partial charge in [0.1, 0.15) is 11.5 Å². The minimum absolute atomic E-state index is 0.103. The number of sulfonamides is 2. The maximum Gasteiger partial charge on any atom is 0.323 e. The van der Waals surface area contributed by atoms with Crippen molar-refractivity contribution in [2.75, 3.05) is 20.1 Å². The molecule has 17 nitrogen and oxygen atoms in total. The molecule has 6 rings (SSSR count). The molecule has 0 radical (unpaired) electrons. The van der Waals surface area contributed by atoms with Gasteiger partial charge in [-0.1, -0.05) is 0 Å². The van der Waals surface area contributed by atoms with Gasteiger partial charge in [-0.2, -0.15) is 16.8 Å². The molecule has 8 N–H and O–H groups in total. The number of carbonyl (C=O) groups excluding carboxylic acids is 1. The van der Waals surface area contributed by atoms with E-state index in [1.54, 1.807) is 0 Å². The van der Waals surface area contributed by atoms with Crippen LogP contribution < -0.4 is 20.1 Å². The van der Waals surface area contributed by atoms with Crippen molar-refractivity contribution in [3.63, 3.8) is 0 Å². The molecule has 0 saturated carbocycles. The van der Waals surface area contributed by atoms with E-state index in [-0.39, 0.29) is 65.6 Å². The topological polar surface area (TPSA) is 283 Å². The van der Waals surface area contributed by atoms with Crippen LogP contribution in [0.1, 0.15) is 0 Å². The van der Waals surface area contributed by atoms with E-state index in [1.165, 1.54) is 72.8 Å². The first kappa shape index (κ1) is 37.8. The van der Waals surface area contributed by atoms with Crippen LogP contribution in [0.3, 0.4) is 0 Å². The van der Waals surface area contributed by atoms with Gasteiger partial charge < -0.3 is 20.8 Å². The fraction of sp³-hybridized carbons (Fsp3) is 0. The Balaban J connectivity index is 1.09. The van der Waals surface area contributed by atoms with Crippen molar-refractivity contribution in [2.24, 2.45) is 0 Å².